The van der Waals surface area contributed by atoms with Crippen molar-refractivity contribution in [2.75, 3.05) is 5.32 Å². The normalized spacial score (nSPS) is 21.4. The van der Waals surface area contributed by atoms with Gasteiger partial charge in [-0.15, -0.1) is 0 Å². The number of nitrogens with zero attached hydrogens (tertiary/aromatic N) is 3. The SMILES string of the molecule is Cc1nn(C)c(C)c1-c1ccc(NC(=O)[C@@H](N)C2CCC(C)CC2)nc1. The van der Waals surface area contributed by atoms with Gasteiger partial charge in [0.05, 0.1) is 11.7 Å². The number of nitrogens with one attached hydrogen (secondary N) is 1. The van der Waals surface area contributed by atoms with Crippen molar-refractivity contribution in [2.24, 2.45) is 24.6 Å². The van der Waals surface area contributed by atoms with Crippen LogP contribution in [0.1, 0.15) is 44.0 Å². The highest BCUT2D eigenvalue weighted by Gasteiger charge is 2.28. The van der Waals surface area contributed by atoms with Crippen molar-refractivity contribution in [3.63, 3.8) is 0 Å². The van der Waals surface area contributed by atoms with E-state index in [1.54, 1.807) is 6.20 Å². The zero-order valence-corrected chi connectivity index (χ0v) is 16.1. The summed E-state index contributed by atoms with van der Waals surface area (Å²) in [5, 5.41) is 7.31. The van der Waals surface area contributed by atoms with Crippen molar-refractivity contribution in [3.8, 4) is 11.1 Å². The standard InChI is InChI=1S/C20H29N5O/c1-12-5-7-15(8-6-12)19(21)20(26)23-17-10-9-16(11-22-17)18-13(2)24-25(4)14(18)3/h9-12,15,19H,5-8,21H2,1-4H3,(H,22,23,26)/t12?,15?,19-/m0/s1. The second-order valence-corrected chi connectivity index (χ2v) is 7.64. The summed E-state index contributed by atoms with van der Waals surface area (Å²) in [4.78, 5) is 16.9. The predicted molar refractivity (Wildman–Crippen MR) is 104 cm³/mol. The number of amides is 1. The Labute approximate surface area is 155 Å². The molecule has 1 fully saturated rings. The maximum atomic E-state index is 12.5. The van der Waals surface area contributed by atoms with E-state index < -0.39 is 6.04 Å². The Morgan fingerprint density at radius 3 is 2.50 bits per heavy atom. The molecule has 3 N–H and O–H groups in total. The van der Waals surface area contributed by atoms with E-state index in [1.165, 1.54) is 0 Å². The molecule has 0 unspecified atom stereocenters. The van der Waals surface area contributed by atoms with Crippen LogP contribution in [0, 0.1) is 25.7 Å². The van der Waals surface area contributed by atoms with Gasteiger partial charge in [0.1, 0.15) is 5.82 Å². The van der Waals surface area contributed by atoms with Crippen molar-refractivity contribution in [1.29, 1.82) is 0 Å². The Balaban J connectivity index is 1.66. The Kier molecular flexibility index (Phi) is 5.41. The van der Waals surface area contributed by atoms with E-state index in [4.69, 9.17) is 5.73 Å². The van der Waals surface area contributed by atoms with Crippen LogP contribution >= 0.6 is 0 Å². The van der Waals surface area contributed by atoms with Gasteiger partial charge < -0.3 is 11.1 Å². The molecule has 2 heterocycles. The van der Waals surface area contributed by atoms with Gasteiger partial charge in [-0.1, -0.05) is 19.8 Å². The summed E-state index contributed by atoms with van der Waals surface area (Å²) in [7, 11) is 1.93. The van der Waals surface area contributed by atoms with E-state index in [1.807, 2.05) is 37.7 Å². The van der Waals surface area contributed by atoms with Crippen LogP contribution in [0.25, 0.3) is 11.1 Å². The maximum Gasteiger partial charge on any atom is 0.242 e. The Morgan fingerprint density at radius 2 is 1.96 bits per heavy atom. The number of carbonyl (C=O) groups is 1. The van der Waals surface area contributed by atoms with Gasteiger partial charge in [-0.05, 0) is 50.7 Å². The highest BCUT2D eigenvalue weighted by Crippen LogP contribution is 2.30. The quantitative estimate of drug-likeness (QED) is 0.882. The molecule has 1 aliphatic rings. The smallest absolute Gasteiger partial charge is 0.242 e. The number of hydrogen-bond acceptors (Lipinski definition) is 4. The second kappa shape index (κ2) is 7.58. The fourth-order valence-electron chi connectivity index (χ4n) is 3.88. The Morgan fingerprint density at radius 1 is 1.27 bits per heavy atom. The van der Waals surface area contributed by atoms with E-state index in [-0.39, 0.29) is 11.8 Å². The summed E-state index contributed by atoms with van der Waals surface area (Å²) >= 11 is 0. The van der Waals surface area contributed by atoms with Crippen LogP contribution in [0.4, 0.5) is 5.82 Å². The molecule has 140 valence electrons. The van der Waals surface area contributed by atoms with Crippen molar-refractivity contribution < 1.29 is 4.79 Å². The Hall–Kier alpha value is -2.21. The van der Waals surface area contributed by atoms with Gasteiger partial charge >= 0.3 is 0 Å². The van der Waals surface area contributed by atoms with Gasteiger partial charge in [-0.3, -0.25) is 9.48 Å². The summed E-state index contributed by atoms with van der Waals surface area (Å²) < 4.78 is 1.87. The minimum absolute atomic E-state index is 0.140. The lowest BCUT2D eigenvalue weighted by Gasteiger charge is -2.29. The van der Waals surface area contributed by atoms with Crippen LogP contribution in [-0.4, -0.2) is 26.7 Å². The average Bonchev–Trinajstić information content (AvgIpc) is 2.88. The van der Waals surface area contributed by atoms with E-state index in [9.17, 15) is 4.79 Å². The average molecular weight is 355 g/mol. The molecule has 1 aliphatic carbocycles. The lowest BCUT2D eigenvalue weighted by atomic mass is 9.79. The number of hydrogen-bond donors (Lipinski definition) is 2. The second-order valence-electron chi connectivity index (χ2n) is 7.64. The van der Waals surface area contributed by atoms with Crippen LogP contribution in [0.5, 0.6) is 0 Å². The molecule has 1 atom stereocenters. The lowest BCUT2D eigenvalue weighted by Crippen LogP contribution is -2.43. The van der Waals surface area contributed by atoms with Crippen LogP contribution < -0.4 is 11.1 Å². The number of anilines is 1. The third kappa shape index (κ3) is 3.80. The minimum atomic E-state index is -0.466. The van der Waals surface area contributed by atoms with Gasteiger partial charge in [0, 0.05) is 30.1 Å². The van der Waals surface area contributed by atoms with Crippen LogP contribution in [-0.2, 0) is 11.8 Å². The lowest BCUT2D eigenvalue weighted by molar-refractivity contribution is -0.118. The van der Waals surface area contributed by atoms with E-state index in [0.717, 1.165) is 54.1 Å². The predicted octanol–water partition coefficient (Wildman–Crippen LogP) is 3.19. The van der Waals surface area contributed by atoms with Gasteiger partial charge in [-0.25, -0.2) is 4.98 Å². The third-order valence-electron chi connectivity index (χ3n) is 5.68. The van der Waals surface area contributed by atoms with Crippen LogP contribution in [0.3, 0.4) is 0 Å². The minimum Gasteiger partial charge on any atom is -0.320 e. The summed E-state index contributed by atoms with van der Waals surface area (Å²) in [5.74, 6) is 1.41. The first-order valence-electron chi connectivity index (χ1n) is 9.40. The molecule has 3 rings (SSSR count). The third-order valence-corrected chi connectivity index (χ3v) is 5.68. The Bertz CT molecular complexity index is 772. The first-order valence-corrected chi connectivity index (χ1v) is 9.40. The van der Waals surface area contributed by atoms with Crippen LogP contribution in [0.15, 0.2) is 18.3 Å². The topological polar surface area (TPSA) is 85.8 Å². The van der Waals surface area contributed by atoms with E-state index in [0.29, 0.717) is 5.82 Å². The molecular weight excluding hydrogens is 326 g/mol. The van der Waals surface area contributed by atoms with E-state index in [2.05, 4.69) is 22.3 Å². The summed E-state index contributed by atoms with van der Waals surface area (Å²) in [6.07, 6.45) is 6.15. The van der Waals surface area contributed by atoms with Crippen molar-refractivity contribution >= 4 is 11.7 Å². The number of aromatic nitrogens is 3. The first kappa shape index (κ1) is 18.6. The number of aryl methyl sites for hydroxylation is 2. The summed E-state index contributed by atoms with van der Waals surface area (Å²) in [6.45, 7) is 6.29. The van der Waals surface area contributed by atoms with Gasteiger partial charge in [0.2, 0.25) is 5.91 Å². The molecule has 1 amide bonds. The maximum absolute atomic E-state index is 12.5. The highest BCUT2D eigenvalue weighted by molar-refractivity contribution is 5.94. The number of pyridine rings is 1. The molecule has 2 aromatic rings. The molecule has 0 aliphatic heterocycles. The fourth-order valence-corrected chi connectivity index (χ4v) is 3.88. The molecule has 0 spiro atoms. The molecule has 1 saturated carbocycles. The summed E-state index contributed by atoms with van der Waals surface area (Å²) in [6, 6.07) is 3.33. The fraction of sp³-hybridized carbons (Fsp3) is 0.550. The molecule has 0 radical (unpaired) electrons. The monoisotopic (exact) mass is 355 g/mol. The number of carbonyl (C=O) groups excluding carboxylic acids is 1. The molecule has 6 nitrogen and oxygen atoms in total. The number of rotatable bonds is 4. The zero-order valence-electron chi connectivity index (χ0n) is 16.1. The van der Waals surface area contributed by atoms with Crippen LogP contribution in [0.2, 0.25) is 0 Å². The van der Waals surface area contributed by atoms with Gasteiger partial charge in [0.15, 0.2) is 0 Å². The largest absolute Gasteiger partial charge is 0.320 e. The molecule has 0 saturated heterocycles. The number of nitrogens with two attached hydrogens (primary N) is 1. The highest BCUT2D eigenvalue weighted by atomic mass is 16.2. The first-order chi connectivity index (χ1) is 12.4. The molecule has 0 aromatic carbocycles. The van der Waals surface area contributed by atoms with Gasteiger partial charge in [0.25, 0.3) is 0 Å². The van der Waals surface area contributed by atoms with Crippen molar-refractivity contribution in [3.05, 3.63) is 29.7 Å². The van der Waals surface area contributed by atoms with Gasteiger partial charge in [-0.2, -0.15) is 5.10 Å². The zero-order chi connectivity index (χ0) is 18.8. The van der Waals surface area contributed by atoms with Crippen molar-refractivity contribution in [1.82, 2.24) is 14.8 Å². The van der Waals surface area contributed by atoms with Crippen molar-refractivity contribution in [2.45, 2.75) is 52.5 Å². The van der Waals surface area contributed by atoms with E-state index >= 15 is 0 Å². The molecular formula is C20H29N5O. The molecule has 0 bridgehead atoms. The molecule has 26 heavy (non-hydrogen) atoms. The summed E-state index contributed by atoms with van der Waals surface area (Å²) in [5.41, 5.74) is 10.3. The molecule has 6 heteroatoms. The molecule has 2 aromatic heterocycles.